The van der Waals surface area contributed by atoms with Crippen LogP contribution in [0.1, 0.15) is 41.1 Å². The molecule has 0 spiro atoms. The second-order valence-electron chi connectivity index (χ2n) is 7.97. The molecule has 0 aliphatic carbocycles. The van der Waals surface area contributed by atoms with E-state index in [0.717, 1.165) is 25.1 Å². The fraction of sp³-hybridized carbons (Fsp3) is 0.346. The minimum atomic E-state index is 0.595. The highest BCUT2D eigenvalue weighted by Crippen LogP contribution is 2.27. The second kappa shape index (κ2) is 9.71. The first-order valence-electron chi connectivity index (χ1n) is 10.6. The summed E-state index contributed by atoms with van der Waals surface area (Å²) < 4.78 is 5.23. The van der Waals surface area contributed by atoms with Crippen LogP contribution in [0.3, 0.4) is 0 Å². The zero-order valence-corrected chi connectivity index (χ0v) is 17.3. The molecule has 1 aromatic heterocycles. The van der Waals surface area contributed by atoms with Crippen LogP contribution in [-0.2, 0) is 12.8 Å². The summed E-state index contributed by atoms with van der Waals surface area (Å²) in [5.41, 5.74) is 5.24. The third-order valence-electron chi connectivity index (χ3n) is 5.98. The maximum Gasteiger partial charge on any atom is 0.118 e. The van der Waals surface area contributed by atoms with E-state index in [2.05, 4.69) is 65.7 Å². The molecule has 1 aliphatic heterocycles. The maximum atomic E-state index is 5.23. The van der Waals surface area contributed by atoms with Crippen molar-refractivity contribution in [2.75, 3.05) is 26.7 Å². The lowest BCUT2D eigenvalue weighted by atomic mass is 9.92. The lowest BCUT2D eigenvalue weighted by Gasteiger charge is -2.31. The van der Waals surface area contributed by atoms with E-state index in [1.54, 1.807) is 7.11 Å². The summed E-state index contributed by atoms with van der Waals surface area (Å²) in [5.74, 6) is 1.50. The Balaban J connectivity index is 1.26. The summed E-state index contributed by atoms with van der Waals surface area (Å²) in [7, 11) is 1.70. The Hall–Kier alpha value is -2.65. The molecule has 3 aromatic rings. The summed E-state index contributed by atoms with van der Waals surface area (Å²) in [6, 6.07) is 23.6. The largest absolute Gasteiger partial charge is 0.497 e. The first kappa shape index (κ1) is 19.7. The van der Waals surface area contributed by atoms with Gasteiger partial charge in [-0.1, -0.05) is 48.5 Å². The van der Waals surface area contributed by atoms with Gasteiger partial charge in [-0.15, -0.1) is 0 Å². The number of ether oxygens (including phenoxy) is 1. The molecule has 1 fully saturated rings. The summed E-state index contributed by atoms with van der Waals surface area (Å²) in [5, 5.41) is 0. The third kappa shape index (κ3) is 5.45. The predicted molar refractivity (Wildman–Crippen MR) is 119 cm³/mol. The Morgan fingerprint density at radius 2 is 1.59 bits per heavy atom. The van der Waals surface area contributed by atoms with Crippen LogP contribution in [0.25, 0.3) is 0 Å². The summed E-state index contributed by atoms with van der Waals surface area (Å²) in [6.07, 6.45) is 6.53. The number of rotatable bonds is 7. The van der Waals surface area contributed by atoms with Crippen LogP contribution < -0.4 is 4.74 Å². The van der Waals surface area contributed by atoms with Crippen molar-refractivity contribution in [3.05, 3.63) is 95.3 Å². The molecule has 29 heavy (non-hydrogen) atoms. The number of nitrogens with zero attached hydrogens (tertiary/aromatic N) is 2. The highest BCUT2D eigenvalue weighted by molar-refractivity contribution is 5.31. The van der Waals surface area contributed by atoms with Crippen molar-refractivity contribution < 1.29 is 4.74 Å². The van der Waals surface area contributed by atoms with Crippen LogP contribution in [0, 0.1) is 0 Å². The molecule has 0 radical (unpaired) electrons. The number of likely N-dealkylation sites (tertiary alicyclic amines) is 1. The van der Waals surface area contributed by atoms with Gasteiger partial charge in [-0.25, -0.2) is 0 Å². The van der Waals surface area contributed by atoms with E-state index in [1.807, 2.05) is 12.1 Å². The number of hydrogen-bond acceptors (Lipinski definition) is 3. The number of piperidine rings is 1. The van der Waals surface area contributed by atoms with Crippen molar-refractivity contribution in [3.63, 3.8) is 0 Å². The molecule has 0 unspecified atom stereocenters. The van der Waals surface area contributed by atoms with Gasteiger partial charge in [0.1, 0.15) is 5.75 Å². The molecule has 3 heteroatoms. The molecule has 3 nitrogen and oxygen atoms in total. The molecule has 1 aliphatic rings. The van der Waals surface area contributed by atoms with Crippen LogP contribution in [0.4, 0.5) is 0 Å². The fourth-order valence-corrected chi connectivity index (χ4v) is 4.15. The number of pyridine rings is 1. The summed E-state index contributed by atoms with van der Waals surface area (Å²) >= 11 is 0. The van der Waals surface area contributed by atoms with E-state index in [1.165, 1.54) is 48.3 Å². The number of benzene rings is 2. The molecule has 0 N–H and O–H groups in total. The average molecular weight is 387 g/mol. The first-order valence-corrected chi connectivity index (χ1v) is 10.6. The molecular weight excluding hydrogens is 356 g/mol. The van der Waals surface area contributed by atoms with Gasteiger partial charge in [0.05, 0.1) is 7.11 Å². The standard InChI is InChI=1S/C26H30N2O/c1-29-25-10-7-22(8-11-25)19-23-9-12-26(27-20-23)24-14-17-28(18-15-24)16-13-21-5-3-2-4-6-21/h2-12,20,24H,13-19H2,1H3. The van der Waals surface area contributed by atoms with Crippen LogP contribution in [-0.4, -0.2) is 36.6 Å². The Morgan fingerprint density at radius 1 is 0.862 bits per heavy atom. The average Bonchev–Trinajstić information content (AvgIpc) is 2.80. The van der Waals surface area contributed by atoms with Gasteiger partial charge in [0.2, 0.25) is 0 Å². The van der Waals surface area contributed by atoms with Gasteiger partial charge in [0.25, 0.3) is 0 Å². The number of aromatic nitrogens is 1. The number of methoxy groups -OCH3 is 1. The topological polar surface area (TPSA) is 25.4 Å². The van der Waals surface area contributed by atoms with Gasteiger partial charge in [0.15, 0.2) is 0 Å². The number of hydrogen-bond donors (Lipinski definition) is 0. The van der Waals surface area contributed by atoms with Crippen molar-refractivity contribution >= 4 is 0 Å². The lowest BCUT2D eigenvalue weighted by molar-refractivity contribution is 0.213. The van der Waals surface area contributed by atoms with Gasteiger partial charge < -0.3 is 9.64 Å². The van der Waals surface area contributed by atoms with Crippen LogP contribution in [0.15, 0.2) is 72.9 Å². The zero-order chi connectivity index (χ0) is 19.9. The van der Waals surface area contributed by atoms with E-state index in [4.69, 9.17) is 9.72 Å². The van der Waals surface area contributed by atoms with E-state index in [-0.39, 0.29) is 0 Å². The van der Waals surface area contributed by atoms with E-state index in [9.17, 15) is 0 Å². The Morgan fingerprint density at radius 3 is 2.24 bits per heavy atom. The molecule has 150 valence electrons. The molecule has 2 heterocycles. The molecule has 1 saturated heterocycles. The first-order chi connectivity index (χ1) is 14.3. The Bertz CT molecular complexity index is 867. The smallest absolute Gasteiger partial charge is 0.118 e. The summed E-state index contributed by atoms with van der Waals surface area (Å²) in [4.78, 5) is 7.41. The van der Waals surface area contributed by atoms with Gasteiger partial charge >= 0.3 is 0 Å². The molecular formula is C26H30N2O. The minimum Gasteiger partial charge on any atom is -0.497 e. The zero-order valence-electron chi connectivity index (χ0n) is 17.3. The van der Waals surface area contributed by atoms with Gasteiger partial charge in [-0.2, -0.15) is 0 Å². The van der Waals surface area contributed by atoms with Crippen LogP contribution in [0.5, 0.6) is 5.75 Å². The van der Waals surface area contributed by atoms with Crippen molar-refractivity contribution in [1.29, 1.82) is 0 Å². The molecule has 0 saturated carbocycles. The van der Waals surface area contributed by atoms with Crippen molar-refractivity contribution in [2.45, 2.75) is 31.6 Å². The van der Waals surface area contributed by atoms with Crippen LogP contribution in [0.2, 0.25) is 0 Å². The fourth-order valence-electron chi connectivity index (χ4n) is 4.15. The highest BCUT2D eigenvalue weighted by atomic mass is 16.5. The lowest BCUT2D eigenvalue weighted by Crippen LogP contribution is -2.34. The Labute approximate surface area is 174 Å². The normalized spacial score (nSPS) is 15.3. The van der Waals surface area contributed by atoms with Gasteiger partial charge in [0, 0.05) is 24.4 Å². The minimum absolute atomic E-state index is 0.595. The van der Waals surface area contributed by atoms with E-state index < -0.39 is 0 Å². The predicted octanol–water partition coefficient (Wildman–Crippen LogP) is 5.10. The van der Waals surface area contributed by atoms with Crippen LogP contribution >= 0.6 is 0 Å². The summed E-state index contributed by atoms with van der Waals surface area (Å²) in [6.45, 7) is 3.50. The second-order valence-corrected chi connectivity index (χ2v) is 7.97. The van der Waals surface area contributed by atoms with E-state index >= 15 is 0 Å². The Kier molecular flexibility index (Phi) is 6.58. The quantitative estimate of drug-likeness (QED) is 0.565. The highest BCUT2D eigenvalue weighted by Gasteiger charge is 2.21. The maximum absolute atomic E-state index is 5.23. The van der Waals surface area contributed by atoms with Crippen molar-refractivity contribution in [2.24, 2.45) is 0 Å². The molecule has 0 bridgehead atoms. The van der Waals surface area contributed by atoms with Gasteiger partial charge in [-0.05, 0) is 73.7 Å². The van der Waals surface area contributed by atoms with Gasteiger partial charge in [-0.3, -0.25) is 4.98 Å². The van der Waals surface area contributed by atoms with Crippen molar-refractivity contribution in [1.82, 2.24) is 9.88 Å². The molecule has 0 amide bonds. The third-order valence-corrected chi connectivity index (χ3v) is 5.98. The molecule has 4 rings (SSSR count). The SMILES string of the molecule is COc1ccc(Cc2ccc(C3CCN(CCc4ccccc4)CC3)nc2)cc1. The molecule has 2 aromatic carbocycles. The molecule has 0 atom stereocenters. The van der Waals surface area contributed by atoms with Crippen molar-refractivity contribution in [3.8, 4) is 5.75 Å². The monoisotopic (exact) mass is 386 g/mol. The van der Waals surface area contributed by atoms with E-state index in [0.29, 0.717) is 5.92 Å².